The van der Waals surface area contributed by atoms with E-state index in [0.717, 1.165) is 5.56 Å². The van der Waals surface area contributed by atoms with Crippen LogP contribution in [0.3, 0.4) is 0 Å². The van der Waals surface area contributed by atoms with Crippen LogP contribution in [0.2, 0.25) is 0 Å². The number of ether oxygens (including phenoxy) is 2. The molecular formula is C22H24N6O4S. The molecule has 0 amide bonds. The lowest BCUT2D eigenvalue weighted by molar-refractivity contribution is 0.402. The number of aromatic nitrogens is 2. The minimum atomic E-state index is -3.75. The topological polar surface area (TPSA) is 152 Å². The molecule has 0 bridgehead atoms. The standard InChI is InChI=1S/C22H24N6O4S/c1-31-19-6-4-15(12-16(19)14-24)18-8-11-25-22(28-18)27-17-5-7-21(20(13-17)32-2)33(29,30)26-10-3-9-23/h4-8,11-13,26H,3,9-10,23H2,1-2H3,(H,25,27,28). The number of nitrogens with one attached hydrogen (secondary N) is 2. The van der Waals surface area contributed by atoms with Crippen molar-refractivity contribution in [2.45, 2.75) is 11.3 Å². The van der Waals surface area contributed by atoms with Crippen molar-refractivity contribution in [3.05, 3.63) is 54.2 Å². The van der Waals surface area contributed by atoms with Crippen molar-refractivity contribution in [1.29, 1.82) is 5.26 Å². The van der Waals surface area contributed by atoms with Crippen molar-refractivity contribution in [3.63, 3.8) is 0 Å². The molecule has 172 valence electrons. The molecular weight excluding hydrogens is 444 g/mol. The van der Waals surface area contributed by atoms with Gasteiger partial charge in [0.25, 0.3) is 0 Å². The van der Waals surface area contributed by atoms with Gasteiger partial charge in [0.15, 0.2) is 0 Å². The molecule has 1 aromatic heterocycles. The lowest BCUT2D eigenvalue weighted by Gasteiger charge is -2.13. The maximum absolute atomic E-state index is 12.5. The highest BCUT2D eigenvalue weighted by Crippen LogP contribution is 2.29. The largest absolute Gasteiger partial charge is 0.495 e. The van der Waals surface area contributed by atoms with Gasteiger partial charge in [0, 0.05) is 30.1 Å². The Hall–Kier alpha value is -3.72. The third kappa shape index (κ3) is 5.75. The first-order valence-electron chi connectivity index (χ1n) is 9.98. The van der Waals surface area contributed by atoms with E-state index in [4.69, 9.17) is 15.2 Å². The van der Waals surface area contributed by atoms with E-state index in [1.54, 1.807) is 42.6 Å². The summed E-state index contributed by atoms with van der Waals surface area (Å²) in [7, 11) is -0.848. The molecule has 0 atom stereocenters. The first kappa shape index (κ1) is 23.9. The number of rotatable bonds is 10. The Balaban J connectivity index is 1.85. The molecule has 0 aliphatic carbocycles. The quantitative estimate of drug-likeness (QED) is 0.381. The van der Waals surface area contributed by atoms with Gasteiger partial charge in [-0.15, -0.1) is 0 Å². The Morgan fingerprint density at radius 3 is 2.58 bits per heavy atom. The highest BCUT2D eigenvalue weighted by molar-refractivity contribution is 7.89. The van der Waals surface area contributed by atoms with Gasteiger partial charge in [-0.1, -0.05) is 0 Å². The van der Waals surface area contributed by atoms with E-state index < -0.39 is 10.0 Å². The Bertz CT molecular complexity index is 1270. The summed E-state index contributed by atoms with van der Waals surface area (Å²) in [5.41, 5.74) is 7.68. The van der Waals surface area contributed by atoms with E-state index in [9.17, 15) is 13.7 Å². The molecule has 3 rings (SSSR count). The summed E-state index contributed by atoms with van der Waals surface area (Å²) in [5.74, 6) is 0.944. The molecule has 10 nitrogen and oxygen atoms in total. The zero-order valence-corrected chi connectivity index (χ0v) is 19.0. The molecule has 0 spiro atoms. The maximum Gasteiger partial charge on any atom is 0.244 e. The number of benzene rings is 2. The van der Waals surface area contributed by atoms with Gasteiger partial charge in [-0.25, -0.2) is 23.1 Å². The lowest BCUT2D eigenvalue weighted by atomic mass is 10.1. The molecule has 2 aromatic carbocycles. The molecule has 0 aliphatic heterocycles. The van der Waals surface area contributed by atoms with Crippen LogP contribution in [0.1, 0.15) is 12.0 Å². The number of anilines is 2. The Labute approximate surface area is 192 Å². The fourth-order valence-corrected chi connectivity index (χ4v) is 4.24. The van der Waals surface area contributed by atoms with Gasteiger partial charge < -0.3 is 20.5 Å². The van der Waals surface area contributed by atoms with Crippen molar-refractivity contribution in [2.24, 2.45) is 5.73 Å². The number of nitrogens with two attached hydrogens (primary N) is 1. The predicted octanol–water partition coefficient (Wildman–Crippen LogP) is 2.40. The number of sulfonamides is 1. The molecule has 0 saturated carbocycles. The van der Waals surface area contributed by atoms with Crippen molar-refractivity contribution in [2.75, 3.05) is 32.6 Å². The van der Waals surface area contributed by atoms with Gasteiger partial charge in [0.1, 0.15) is 22.5 Å². The zero-order valence-electron chi connectivity index (χ0n) is 18.2. The smallest absolute Gasteiger partial charge is 0.244 e. The molecule has 0 fully saturated rings. The second-order valence-corrected chi connectivity index (χ2v) is 8.56. The van der Waals surface area contributed by atoms with E-state index >= 15 is 0 Å². The van der Waals surface area contributed by atoms with Crippen molar-refractivity contribution < 1.29 is 17.9 Å². The minimum absolute atomic E-state index is 0.0181. The normalized spacial score (nSPS) is 11.0. The minimum Gasteiger partial charge on any atom is -0.495 e. The number of hydrogen-bond acceptors (Lipinski definition) is 9. The fraction of sp³-hybridized carbons (Fsp3) is 0.227. The molecule has 33 heavy (non-hydrogen) atoms. The van der Waals surface area contributed by atoms with Crippen LogP contribution in [0.5, 0.6) is 11.5 Å². The van der Waals surface area contributed by atoms with Gasteiger partial charge >= 0.3 is 0 Å². The molecule has 0 unspecified atom stereocenters. The van der Waals surface area contributed by atoms with Crippen molar-refractivity contribution >= 4 is 21.7 Å². The third-order valence-electron chi connectivity index (χ3n) is 4.65. The van der Waals surface area contributed by atoms with Crippen molar-refractivity contribution in [1.82, 2.24) is 14.7 Å². The molecule has 0 radical (unpaired) electrons. The Morgan fingerprint density at radius 1 is 1.09 bits per heavy atom. The summed E-state index contributed by atoms with van der Waals surface area (Å²) in [5, 5.41) is 12.4. The van der Waals surface area contributed by atoms with E-state index in [-0.39, 0.29) is 17.2 Å². The SMILES string of the molecule is COc1ccc(-c2ccnc(Nc3ccc(S(=O)(=O)NCCCN)c(OC)c3)n2)cc1C#N. The lowest BCUT2D eigenvalue weighted by Crippen LogP contribution is -2.26. The van der Waals surface area contributed by atoms with Crippen LogP contribution in [-0.2, 0) is 10.0 Å². The summed E-state index contributed by atoms with van der Waals surface area (Å²) < 4.78 is 38.1. The first-order chi connectivity index (χ1) is 15.9. The molecule has 4 N–H and O–H groups in total. The predicted molar refractivity (Wildman–Crippen MR) is 124 cm³/mol. The van der Waals surface area contributed by atoms with Gasteiger partial charge in [-0.2, -0.15) is 5.26 Å². The summed E-state index contributed by atoms with van der Waals surface area (Å²) in [6.07, 6.45) is 2.11. The maximum atomic E-state index is 12.5. The summed E-state index contributed by atoms with van der Waals surface area (Å²) in [6.45, 7) is 0.622. The second-order valence-electron chi connectivity index (χ2n) is 6.82. The fourth-order valence-electron chi connectivity index (χ4n) is 3.02. The van der Waals surface area contributed by atoms with Gasteiger partial charge in [-0.3, -0.25) is 0 Å². The number of hydrogen-bond donors (Lipinski definition) is 3. The second kappa shape index (κ2) is 10.7. The van der Waals surface area contributed by atoms with Crippen LogP contribution >= 0.6 is 0 Å². The third-order valence-corrected chi connectivity index (χ3v) is 6.15. The van der Waals surface area contributed by atoms with Gasteiger partial charge in [0.05, 0.1) is 25.5 Å². The van der Waals surface area contributed by atoms with Gasteiger partial charge in [-0.05, 0) is 49.4 Å². The summed E-state index contributed by atoms with van der Waals surface area (Å²) in [4.78, 5) is 8.73. The molecule has 11 heteroatoms. The van der Waals surface area contributed by atoms with E-state index in [1.807, 2.05) is 0 Å². The van der Waals surface area contributed by atoms with E-state index in [1.165, 1.54) is 20.3 Å². The summed E-state index contributed by atoms with van der Waals surface area (Å²) in [6, 6.07) is 13.6. The van der Waals surface area contributed by atoms with Crippen LogP contribution in [0.25, 0.3) is 11.3 Å². The van der Waals surface area contributed by atoms with Crippen LogP contribution < -0.4 is 25.2 Å². The van der Waals surface area contributed by atoms with Crippen LogP contribution in [0.15, 0.2) is 53.6 Å². The first-order valence-corrected chi connectivity index (χ1v) is 11.5. The average Bonchev–Trinajstić information content (AvgIpc) is 2.83. The highest BCUT2D eigenvalue weighted by atomic mass is 32.2. The molecule has 0 aliphatic rings. The van der Waals surface area contributed by atoms with E-state index in [2.05, 4.69) is 26.1 Å². The number of nitrogens with zero attached hydrogens (tertiary/aromatic N) is 3. The molecule has 0 saturated heterocycles. The Morgan fingerprint density at radius 2 is 1.88 bits per heavy atom. The van der Waals surface area contributed by atoms with Gasteiger partial charge in [0.2, 0.25) is 16.0 Å². The van der Waals surface area contributed by atoms with Crippen LogP contribution in [0.4, 0.5) is 11.6 Å². The summed E-state index contributed by atoms with van der Waals surface area (Å²) >= 11 is 0. The molecule has 3 aromatic rings. The van der Waals surface area contributed by atoms with E-state index in [0.29, 0.717) is 41.6 Å². The number of nitriles is 1. The van der Waals surface area contributed by atoms with Crippen LogP contribution in [0, 0.1) is 11.3 Å². The van der Waals surface area contributed by atoms with Crippen LogP contribution in [-0.4, -0.2) is 45.7 Å². The Kier molecular flexibility index (Phi) is 7.78. The number of methoxy groups -OCH3 is 2. The highest BCUT2D eigenvalue weighted by Gasteiger charge is 2.19. The molecule has 1 heterocycles. The van der Waals surface area contributed by atoms with Crippen molar-refractivity contribution in [3.8, 4) is 28.8 Å². The average molecular weight is 469 g/mol. The monoisotopic (exact) mass is 468 g/mol. The zero-order chi connectivity index (χ0) is 23.8.